The van der Waals surface area contributed by atoms with Gasteiger partial charge in [-0.05, 0) is 30.0 Å². The van der Waals surface area contributed by atoms with Gasteiger partial charge in [-0.3, -0.25) is 4.79 Å². The average Bonchev–Trinajstić information content (AvgIpc) is 2.99. The first-order valence-corrected chi connectivity index (χ1v) is 11.5. The number of hydrogen-bond donors (Lipinski definition) is 3. The number of urea groups is 1. The topological polar surface area (TPSA) is 101 Å². The minimum absolute atomic E-state index is 0.0370. The third kappa shape index (κ3) is 5.14. The first-order chi connectivity index (χ1) is 15.8. The Balaban J connectivity index is 2.26. The molecule has 3 amide bonds. The quantitative estimate of drug-likeness (QED) is 0.539. The second-order valence-electron chi connectivity index (χ2n) is 9.84. The summed E-state index contributed by atoms with van der Waals surface area (Å²) in [5, 5.41) is 2.46. The van der Waals surface area contributed by atoms with Crippen LogP contribution in [-0.4, -0.2) is 29.9 Å². The van der Waals surface area contributed by atoms with Gasteiger partial charge in [0.15, 0.2) is 0 Å². The van der Waals surface area contributed by atoms with Crippen molar-refractivity contribution in [3.05, 3.63) is 69.2 Å². The maximum absolute atomic E-state index is 15.4. The number of halogens is 4. The van der Waals surface area contributed by atoms with Gasteiger partial charge in [0.05, 0.1) is 23.1 Å². The molecule has 0 spiro atoms. The summed E-state index contributed by atoms with van der Waals surface area (Å²) in [6, 6.07) is 6.68. The van der Waals surface area contributed by atoms with Crippen LogP contribution >= 0.6 is 23.2 Å². The van der Waals surface area contributed by atoms with E-state index in [1.165, 1.54) is 35.2 Å². The van der Waals surface area contributed by atoms with Gasteiger partial charge in [0.1, 0.15) is 11.6 Å². The standard InChI is InChI=1S/C24H28Cl2F2N4O2/c1-23(2,3)10-13-12-32(22(34)31-11-19(29)33)21(15-5-4-6-17(26)20(15)28)24(13,30)16-8-7-14(25)9-18(16)27/h4-9,13,21H,10-12,30H2,1-3H3,(H2,29,33)(H,31,34)/t13-,21-,24+/m1/s1. The number of likely N-dealkylation sites (tertiary alicyclic amines) is 1. The molecular formula is C24H28Cl2F2N4O2. The molecule has 5 N–H and O–H groups in total. The Labute approximate surface area is 207 Å². The molecular weight excluding hydrogens is 485 g/mol. The highest BCUT2D eigenvalue weighted by Crippen LogP contribution is 2.53. The summed E-state index contributed by atoms with van der Waals surface area (Å²) in [6.07, 6.45) is 0.490. The molecule has 10 heteroatoms. The molecule has 1 aliphatic heterocycles. The van der Waals surface area contributed by atoms with Gasteiger partial charge in [-0.1, -0.05) is 62.2 Å². The van der Waals surface area contributed by atoms with E-state index in [1.54, 1.807) is 0 Å². The van der Waals surface area contributed by atoms with Gasteiger partial charge in [-0.15, -0.1) is 0 Å². The van der Waals surface area contributed by atoms with E-state index in [0.29, 0.717) is 6.42 Å². The molecule has 184 valence electrons. The van der Waals surface area contributed by atoms with Crippen molar-refractivity contribution in [3.8, 4) is 0 Å². The van der Waals surface area contributed by atoms with Crippen LogP contribution in [0.15, 0.2) is 36.4 Å². The summed E-state index contributed by atoms with van der Waals surface area (Å²) in [5.41, 5.74) is 10.6. The average molecular weight is 513 g/mol. The number of amides is 3. The van der Waals surface area contributed by atoms with E-state index in [9.17, 15) is 9.59 Å². The van der Waals surface area contributed by atoms with E-state index in [0.717, 1.165) is 6.07 Å². The number of primary amides is 1. The highest BCUT2D eigenvalue weighted by molar-refractivity contribution is 6.31. The van der Waals surface area contributed by atoms with Crippen molar-refractivity contribution in [2.24, 2.45) is 22.8 Å². The number of nitrogens with zero attached hydrogens (tertiary/aromatic N) is 1. The van der Waals surface area contributed by atoms with Crippen LogP contribution in [0.5, 0.6) is 0 Å². The fourth-order valence-corrected chi connectivity index (χ4v) is 5.12. The predicted octanol–water partition coefficient (Wildman–Crippen LogP) is 4.73. The Bertz CT molecular complexity index is 1110. The zero-order valence-electron chi connectivity index (χ0n) is 19.2. The van der Waals surface area contributed by atoms with Gasteiger partial charge in [0, 0.05) is 28.6 Å². The van der Waals surface area contributed by atoms with E-state index in [4.69, 9.17) is 34.7 Å². The molecule has 0 saturated carbocycles. The number of nitrogens with two attached hydrogens (primary N) is 2. The molecule has 0 bridgehead atoms. The van der Waals surface area contributed by atoms with Gasteiger partial charge in [0.25, 0.3) is 0 Å². The van der Waals surface area contributed by atoms with E-state index in [-0.39, 0.29) is 33.1 Å². The highest BCUT2D eigenvalue weighted by Gasteiger charge is 2.57. The third-order valence-corrected chi connectivity index (χ3v) is 6.59. The Kier molecular flexibility index (Phi) is 7.45. The lowest BCUT2D eigenvalue weighted by Crippen LogP contribution is -2.50. The van der Waals surface area contributed by atoms with Crippen molar-refractivity contribution in [2.45, 2.75) is 38.8 Å². The molecule has 0 aromatic heterocycles. The van der Waals surface area contributed by atoms with Gasteiger partial charge in [-0.2, -0.15) is 0 Å². The molecule has 1 heterocycles. The Morgan fingerprint density at radius 2 is 1.88 bits per heavy atom. The van der Waals surface area contributed by atoms with Crippen LogP contribution in [0, 0.1) is 23.0 Å². The van der Waals surface area contributed by atoms with Gasteiger partial charge in [-0.25, -0.2) is 13.6 Å². The molecule has 1 aliphatic rings. The van der Waals surface area contributed by atoms with Crippen LogP contribution in [0.2, 0.25) is 10.0 Å². The zero-order valence-corrected chi connectivity index (χ0v) is 20.7. The molecule has 0 radical (unpaired) electrons. The number of carbonyl (C=O) groups excluding carboxylic acids is 2. The molecule has 2 aromatic rings. The fraction of sp³-hybridized carbons (Fsp3) is 0.417. The molecule has 1 fully saturated rings. The van der Waals surface area contributed by atoms with Crippen LogP contribution in [0.25, 0.3) is 0 Å². The molecule has 3 atom stereocenters. The number of nitrogens with one attached hydrogen (secondary N) is 1. The van der Waals surface area contributed by atoms with Crippen LogP contribution in [-0.2, 0) is 10.3 Å². The monoisotopic (exact) mass is 512 g/mol. The second kappa shape index (κ2) is 9.68. The van der Waals surface area contributed by atoms with E-state index in [1.807, 2.05) is 20.8 Å². The zero-order chi connectivity index (χ0) is 25.4. The number of carbonyl (C=O) groups is 2. The molecule has 6 nitrogen and oxygen atoms in total. The van der Waals surface area contributed by atoms with Crippen LogP contribution in [0.3, 0.4) is 0 Å². The largest absolute Gasteiger partial charge is 0.368 e. The third-order valence-electron chi connectivity index (χ3n) is 6.06. The van der Waals surface area contributed by atoms with Crippen molar-refractivity contribution in [1.29, 1.82) is 0 Å². The Morgan fingerprint density at radius 3 is 2.47 bits per heavy atom. The van der Waals surface area contributed by atoms with E-state index >= 15 is 8.78 Å². The predicted molar refractivity (Wildman–Crippen MR) is 128 cm³/mol. The lowest BCUT2D eigenvalue weighted by molar-refractivity contribution is -0.117. The van der Waals surface area contributed by atoms with Crippen molar-refractivity contribution >= 4 is 35.1 Å². The van der Waals surface area contributed by atoms with Crippen molar-refractivity contribution < 1.29 is 18.4 Å². The number of benzene rings is 2. The smallest absolute Gasteiger partial charge is 0.318 e. The summed E-state index contributed by atoms with van der Waals surface area (Å²) in [7, 11) is 0. The molecule has 34 heavy (non-hydrogen) atoms. The van der Waals surface area contributed by atoms with Crippen molar-refractivity contribution in [3.63, 3.8) is 0 Å². The maximum atomic E-state index is 15.4. The highest BCUT2D eigenvalue weighted by atomic mass is 35.5. The van der Waals surface area contributed by atoms with Crippen molar-refractivity contribution in [1.82, 2.24) is 10.2 Å². The SMILES string of the molecule is CC(C)(C)C[C@@H]1CN(C(=O)NCC(N)=O)[C@H](c2cccc(Cl)c2F)[C@@]1(N)c1ccc(Cl)cc1F. The summed E-state index contributed by atoms with van der Waals surface area (Å²) < 4.78 is 30.7. The minimum atomic E-state index is -1.54. The number of hydrogen-bond acceptors (Lipinski definition) is 3. The van der Waals surface area contributed by atoms with Crippen LogP contribution < -0.4 is 16.8 Å². The fourth-order valence-electron chi connectivity index (χ4n) is 4.78. The first kappa shape index (κ1) is 26.2. The number of rotatable bonds is 5. The van der Waals surface area contributed by atoms with Crippen molar-refractivity contribution in [2.75, 3.05) is 13.1 Å². The second-order valence-corrected chi connectivity index (χ2v) is 10.7. The first-order valence-electron chi connectivity index (χ1n) is 10.8. The molecule has 1 saturated heterocycles. The minimum Gasteiger partial charge on any atom is -0.368 e. The molecule has 0 aliphatic carbocycles. The van der Waals surface area contributed by atoms with Gasteiger partial charge in [0.2, 0.25) is 5.91 Å². The lowest BCUT2D eigenvalue weighted by Gasteiger charge is -2.40. The van der Waals surface area contributed by atoms with Crippen LogP contribution in [0.4, 0.5) is 13.6 Å². The van der Waals surface area contributed by atoms with E-state index in [2.05, 4.69) is 5.32 Å². The summed E-state index contributed by atoms with van der Waals surface area (Å²) in [6.45, 7) is 5.65. The Hall–Kier alpha value is -2.42. The summed E-state index contributed by atoms with van der Waals surface area (Å²) in [4.78, 5) is 25.8. The summed E-state index contributed by atoms with van der Waals surface area (Å²) in [5.74, 6) is -2.65. The molecule has 3 rings (SSSR count). The maximum Gasteiger partial charge on any atom is 0.318 e. The van der Waals surface area contributed by atoms with Gasteiger partial charge >= 0.3 is 6.03 Å². The lowest BCUT2D eigenvalue weighted by atomic mass is 9.69. The summed E-state index contributed by atoms with van der Waals surface area (Å²) >= 11 is 12.1. The van der Waals surface area contributed by atoms with Crippen LogP contribution in [0.1, 0.15) is 44.4 Å². The van der Waals surface area contributed by atoms with Gasteiger partial charge < -0.3 is 21.7 Å². The van der Waals surface area contributed by atoms with E-state index < -0.39 is 47.6 Å². The molecule has 2 aromatic carbocycles. The Morgan fingerprint density at radius 1 is 1.21 bits per heavy atom. The molecule has 0 unspecified atom stereocenters. The normalized spacial score (nSPS) is 22.6.